The van der Waals surface area contributed by atoms with Gasteiger partial charge < -0.3 is 75.9 Å². The van der Waals surface area contributed by atoms with Gasteiger partial charge in [0.25, 0.3) is 0 Å². The highest BCUT2D eigenvalue weighted by atomic mass is 32.1. The van der Waals surface area contributed by atoms with Gasteiger partial charge in [0.15, 0.2) is 0 Å². The lowest BCUT2D eigenvalue weighted by molar-refractivity contribution is -0.111. The van der Waals surface area contributed by atoms with Gasteiger partial charge >= 0.3 is 0 Å². The molecular formula is C73H76N18O4S3. The largest absolute Gasteiger partial charge is 0.437 e. The van der Waals surface area contributed by atoms with Crippen LogP contribution in [0.5, 0.6) is 34.9 Å². The second kappa shape index (κ2) is 31.0. The van der Waals surface area contributed by atoms with E-state index < -0.39 is 0 Å². The minimum Gasteiger partial charge on any atom is -0.437 e. The first-order chi connectivity index (χ1) is 47.9. The molecular weight excluding hydrogens is 1290 g/mol. The van der Waals surface area contributed by atoms with Crippen molar-refractivity contribution >= 4 is 140 Å². The van der Waals surface area contributed by atoms with E-state index in [1.54, 1.807) is 40.9 Å². The molecule has 12 aromatic rings. The Morgan fingerprint density at radius 1 is 0.429 bits per heavy atom. The molecule has 0 atom stereocenters. The zero-order valence-electron chi connectivity index (χ0n) is 54.9. The fourth-order valence-corrected chi connectivity index (χ4v) is 13.5. The standard InChI is InChI=1S/C26H26N6O2S.C24H26N6OS.C23H24N6OS/c1-3-23(33)27-19-5-4-6-21(17-19)34-25-24-22(11-16-35-24)29-26(30-25)28-18-7-9-20(10-8-18)32-14-12-31(2)13-15-32;1-25-18-4-3-5-20(16-18)31-23-22-21(10-15-32-22)27-24(28-23)26-17-6-8-19(9-7-17)30-13-11-29(2)12-14-30;1-28-10-12-29(13-11-28)18-7-5-17(6-8-18)25-23-26-20-9-14-31-21(20)22(27-23)30-19-4-2-3-16(24)15-19/h3-11,16-17H,1,12-15H2,2H3,(H,27,33)(H,28,29,30);3-10,15-16,25H,11-14H2,1-2H3,(H,26,27,28);2-9,14-15H,10-13,24H2,1H3,(H,25,26,27). The van der Waals surface area contributed by atoms with Crippen molar-refractivity contribution in [1.29, 1.82) is 0 Å². The normalized spacial score (nSPS) is 14.4. The monoisotopic (exact) mass is 1360 g/mol. The number of nitrogens with two attached hydrogens (primary N) is 1. The molecule has 15 rings (SSSR count). The Morgan fingerprint density at radius 3 is 1.11 bits per heavy atom. The number of fused-ring (bicyclic) bond motifs is 3. The number of nitrogen functional groups attached to an aromatic ring is 1. The summed E-state index contributed by atoms with van der Waals surface area (Å²) in [5.74, 6) is 4.64. The number of benzene rings is 6. The number of hydrogen-bond donors (Lipinski definition) is 6. The quantitative estimate of drug-likeness (QED) is 0.0347. The fraction of sp³-hybridized carbons (Fsp3) is 0.219. The average Bonchev–Trinajstić information content (AvgIpc) is 1.53. The summed E-state index contributed by atoms with van der Waals surface area (Å²) in [7, 11) is 8.38. The maximum Gasteiger partial charge on any atom is 0.247 e. The van der Waals surface area contributed by atoms with Crippen LogP contribution in [0.4, 0.5) is 69.0 Å². The van der Waals surface area contributed by atoms with Crippen LogP contribution in [0.15, 0.2) is 193 Å². The van der Waals surface area contributed by atoms with Gasteiger partial charge in [0.1, 0.15) is 31.3 Å². The molecule has 22 nitrogen and oxygen atoms in total. The van der Waals surface area contributed by atoms with Crippen LogP contribution in [0.3, 0.4) is 0 Å². The lowest BCUT2D eigenvalue weighted by atomic mass is 10.2. The van der Waals surface area contributed by atoms with E-state index in [4.69, 9.17) is 19.9 Å². The van der Waals surface area contributed by atoms with Crippen LogP contribution in [0.25, 0.3) is 30.6 Å². The number of carbonyl (C=O) groups excluding carboxylic acids is 1. The number of anilines is 12. The molecule has 0 unspecified atom stereocenters. The smallest absolute Gasteiger partial charge is 0.247 e. The van der Waals surface area contributed by atoms with Crippen molar-refractivity contribution in [2.45, 2.75) is 0 Å². The second-order valence-electron chi connectivity index (χ2n) is 23.7. The predicted molar refractivity (Wildman–Crippen MR) is 403 cm³/mol. The number of thiophene rings is 3. The highest BCUT2D eigenvalue weighted by Gasteiger charge is 2.20. The van der Waals surface area contributed by atoms with Gasteiger partial charge in [-0.3, -0.25) is 4.79 Å². The van der Waals surface area contributed by atoms with Crippen LogP contribution in [0.2, 0.25) is 0 Å². The maximum absolute atomic E-state index is 11.6. The van der Waals surface area contributed by atoms with Gasteiger partial charge in [-0.25, -0.2) is 15.0 Å². The molecule has 0 bridgehead atoms. The van der Waals surface area contributed by atoms with Gasteiger partial charge in [-0.1, -0.05) is 24.8 Å². The lowest BCUT2D eigenvalue weighted by Gasteiger charge is -2.34. The van der Waals surface area contributed by atoms with E-state index in [1.807, 2.05) is 108 Å². The van der Waals surface area contributed by atoms with Crippen LogP contribution >= 0.6 is 34.0 Å². The van der Waals surface area contributed by atoms with Gasteiger partial charge in [-0.15, -0.1) is 34.0 Å². The number of nitrogens with one attached hydrogen (secondary N) is 5. The van der Waals surface area contributed by atoms with Crippen molar-refractivity contribution in [3.05, 3.63) is 193 Å². The molecule has 0 spiro atoms. The second-order valence-corrected chi connectivity index (χ2v) is 26.5. The average molecular weight is 1370 g/mol. The molecule has 0 saturated carbocycles. The Kier molecular flexibility index (Phi) is 20.9. The van der Waals surface area contributed by atoms with Crippen molar-refractivity contribution < 1.29 is 19.0 Å². The molecule has 3 saturated heterocycles. The van der Waals surface area contributed by atoms with E-state index in [0.717, 1.165) is 138 Å². The summed E-state index contributed by atoms with van der Waals surface area (Å²) in [6.45, 7) is 16.2. The van der Waals surface area contributed by atoms with Gasteiger partial charge in [-0.05, 0) is 171 Å². The van der Waals surface area contributed by atoms with Gasteiger partial charge in [0.2, 0.25) is 41.4 Å². The highest BCUT2D eigenvalue weighted by Crippen LogP contribution is 2.38. The number of ether oxygens (including phenoxy) is 3. The SMILES string of the molecule is C=CC(=O)Nc1cccc(Oc2nc(Nc3ccc(N4CCN(C)CC4)cc3)nc3ccsc23)c1.CN1CCN(c2ccc(Nc3nc(Oc4cccc(N)c4)c4sccc4n3)cc2)CC1.CNc1cccc(Oc2nc(Nc3ccc(N4CCN(C)CC4)cc3)nc3ccsc23)c1. The third kappa shape index (κ3) is 16.9. The maximum atomic E-state index is 11.6. The third-order valence-electron chi connectivity index (χ3n) is 16.7. The number of amides is 1. The number of aromatic nitrogens is 6. The summed E-state index contributed by atoms with van der Waals surface area (Å²) < 4.78 is 21.0. The zero-order valence-corrected chi connectivity index (χ0v) is 57.3. The zero-order chi connectivity index (χ0) is 67.3. The van der Waals surface area contributed by atoms with Gasteiger partial charge in [0.05, 0.1) is 16.6 Å². The predicted octanol–water partition coefficient (Wildman–Crippen LogP) is 14.7. The molecule has 3 fully saturated rings. The summed E-state index contributed by atoms with van der Waals surface area (Å²) >= 11 is 4.64. The molecule has 500 valence electrons. The molecule has 0 radical (unpaired) electrons. The summed E-state index contributed by atoms with van der Waals surface area (Å²) in [5, 5.41) is 21.8. The topological polar surface area (TPSA) is 228 Å². The number of likely N-dealkylation sites (N-methyl/N-ethyl adjacent to an activating group) is 3. The number of piperazine rings is 3. The molecule has 3 aliphatic rings. The van der Waals surface area contributed by atoms with Crippen molar-refractivity contribution in [3.8, 4) is 34.9 Å². The Bertz CT molecular complexity index is 4660. The molecule has 9 heterocycles. The van der Waals surface area contributed by atoms with Crippen LogP contribution < -0.4 is 61.2 Å². The molecule has 0 aliphatic carbocycles. The Morgan fingerprint density at radius 2 is 0.765 bits per heavy atom. The molecule has 3 aliphatic heterocycles. The van der Waals surface area contributed by atoms with Crippen LogP contribution in [-0.2, 0) is 4.79 Å². The summed E-state index contributed by atoms with van der Waals surface area (Å²) in [5.41, 5.74) is 17.1. The van der Waals surface area contributed by atoms with Crippen molar-refractivity contribution in [3.63, 3.8) is 0 Å². The van der Waals surface area contributed by atoms with E-state index in [1.165, 1.54) is 34.5 Å². The summed E-state index contributed by atoms with van der Waals surface area (Å²) in [4.78, 5) is 53.8. The van der Waals surface area contributed by atoms with Crippen molar-refractivity contribution in [2.75, 3.05) is 154 Å². The third-order valence-corrected chi connectivity index (χ3v) is 19.4. The van der Waals surface area contributed by atoms with E-state index in [0.29, 0.717) is 58.4 Å². The Balaban J connectivity index is 0.000000133. The van der Waals surface area contributed by atoms with Crippen LogP contribution in [-0.4, -0.2) is 157 Å². The lowest BCUT2D eigenvalue weighted by Crippen LogP contribution is -2.44. The van der Waals surface area contributed by atoms with Crippen molar-refractivity contribution in [1.82, 2.24) is 44.6 Å². The van der Waals surface area contributed by atoms with Gasteiger partial charge in [-0.2, -0.15) is 15.0 Å². The Hall–Kier alpha value is -10.7. The minimum absolute atomic E-state index is 0.282. The van der Waals surface area contributed by atoms with E-state index >= 15 is 0 Å². The first kappa shape index (κ1) is 66.0. The number of rotatable bonds is 18. The fourth-order valence-electron chi connectivity index (χ4n) is 11.2. The highest BCUT2D eigenvalue weighted by molar-refractivity contribution is 7.18. The van der Waals surface area contributed by atoms with Crippen LogP contribution in [0.1, 0.15) is 0 Å². The summed E-state index contributed by atoms with van der Waals surface area (Å²) in [6, 6.07) is 53.4. The summed E-state index contributed by atoms with van der Waals surface area (Å²) in [6.07, 6.45) is 1.22. The molecule has 7 N–H and O–H groups in total. The number of nitrogens with zero attached hydrogens (tertiary/aromatic N) is 12. The van der Waals surface area contributed by atoms with Gasteiger partial charge in [0, 0.05) is 155 Å². The first-order valence-corrected chi connectivity index (χ1v) is 34.9. The molecule has 25 heteroatoms. The first-order valence-electron chi connectivity index (χ1n) is 32.3. The van der Waals surface area contributed by atoms with E-state index in [9.17, 15) is 4.79 Å². The Labute approximate surface area is 581 Å². The van der Waals surface area contributed by atoms with Crippen molar-refractivity contribution in [2.24, 2.45) is 0 Å². The molecule has 6 aromatic carbocycles. The molecule has 98 heavy (non-hydrogen) atoms. The van der Waals surface area contributed by atoms with E-state index in [2.05, 4.69) is 174 Å². The molecule has 6 aromatic heterocycles. The number of hydrogen-bond acceptors (Lipinski definition) is 24. The van der Waals surface area contributed by atoms with Crippen LogP contribution in [0, 0.1) is 0 Å². The molecule has 1 amide bonds. The van der Waals surface area contributed by atoms with E-state index in [-0.39, 0.29) is 5.91 Å². The minimum atomic E-state index is -0.282. The number of carbonyl (C=O) groups is 1.